The van der Waals surface area contributed by atoms with Crippen LogP contribution in [0.3, 0.4) is 0 Å². The van der Waals surface area contributed by atoms with Gasteiger partial charge in [0.2, 0.25) is 0 Å². The van der Waals surface area contributed by atoms with Gasteiger partial charge in [-0.15, -0.1) is 0 Å². The number of carbonyl (C=O) groups excluding carboxylic acids is 1. The Hall–Kier alpha value is -0.980. The van der Waals surface area contributed by atoms with Crippen LogP contribution in [0.2, 0.25) is 0 Å². The minimum atomic E-state index is -4.08. The lowest BCUT2D eigenvalue weighted by molar-refractivity contribution is -0.135. The Kier molecular flexibility index (Phi) is 6.87. The Morgan fingerprint density at radius 2 is 1.81 bits per heavy atom. The number of urea groups is 1. The standard InChI is InChI=1S/C9H18F3N3O/c1-15(2)8(16)14-7-6-13-5-3-4-9(10,11)12/h13H,3-7H2,1-2H3,(H,14,16). The van der Waals surface area contributed by atoms with Gasteiger partial charge in [-0.2, -0.15) is 13.2 Å². The van der Waals surface area contributed by atoms with Gasteiger partial charge in [-0.25, -0.2) is 4.79 Å². The highest BCUT2D eigenvalue weighted by Gasteiger charge is 2.25. The second-order valence-corrected chi connectivity index (χ2v) is 3.60. The SMILES string of the molecule is CN(C)C(=O)NCCNCCCC(F)(F)F. The zero-order valence-corrected chi connectivity index (χ0v) is 9.52. The summed E-state index contributed by atoms with van der Waals surface area (Å²) in [6.07, 6.45) is -4.80. The molecule has 0 aromatic heterocycles. The molecule has 0 aliphatic heterocycles. The second-order valence-electron chi connectivity index (χ2n) is 3.60. The van der Waals surface area contributed by atoms with Gasteiger partial charge in [-0.1, -0.05) is 0 Å². The zero-order chi connectivity index (χ0) is 12.6. The summed E-state index contributed by atoms with van der Waals surface area (Å²) in [6, 6.07) is -0.211. The minimum absolute atomic E-state index is 0.0606. The van der Waals surface area contributed by atoms with Gasteiger partial charge in [0, 0.05) is 33.6 Å². The largest absolute Gasteiger partial charge is 0.389 e. The predicted molar refractivity (Wildman–Crippen MR) is 55.2 cm³/mol. The summed E-state index contributed by atoms with van der Waals surface area (Å²) in [5.41, 5.74) is 0. The molecule has 0 rings (SSSR count). The van der Waals surface area contributed by atoms with Crippen molar-refractivity contribution in [3.8, 4) is 0 Å². The highest BCUT2D eigenvalue weighted by Crippen LogP contribution is 2.20. The van der Waals surface area contributed by atoms with Gasteiger partial charge in [0.1, 0.15) is 0 Å². The summed E-state index contributed by atoms with van der Waals surface area (Å²) < 4.78 is 35.2. The van der Waals surface area contributed by atoms with E-state index >= 15 is 0 Å². The topological polar surface area (TPSA) is 44.4 Å². The monoisotopic (exact) mass is 241 g/mol. The van der Waals surface area contributed by atoms with Gasteiger partial charge >= 0.3 is 12.2 Å². The van der Waals surface area contributed by atoms with Crippen molar-refractivity contribution in [3.63, 3.8) is 0 Å². The normalized spacial score (nSPS) is 11.3. The van der Waals surface area contributed by atoms with Crippen molar-refractivity contribution in [3.05, 3.63) is 0 Å². The van der Waals surface area contributed by atoms with Crippen LogP contribution >= 0.6 is 0 Å². The van der Waals surface area contributed by atoms with E-state index < -0.39 is 12.6 Å². The van der Waals surface area contributed by atoms with Crippen LogP contribution in [-0.4, -0.2) is 50.8 Å². The van der Waals surface area contributed by atoms with Crippen LogP contribution < -0.4 is 10.6 Å². The van der Waals surface area contributed by atoms with Crippen molar-refractivity contribution in [2.24, 2.45) is 0 Å². The first kappa shape index (κ1) is 15.0. The molecule has 2 N–H and O–H groups in total. The molecule has 0 saturated heterocycles. The lowest BCUT2D eigenvalue weighted by Gasteiger charge is -2.12. The molecule has 96 valence electrons. The van der Waals surface area contributed by atoms with Crippen LogP contribution in [0.4, 0.5) is 18.0 Å². The van der Waals surface area contributed by atoms with Crippen molar-refractivity contribution >= 4 is 6.03 Å². The van der Waals surface area contributed by atoms with E-state index in [1.54, 1.807) is 14.1 Å². The number of alkyl halides is 3. The molecule has 0 aliphatic carbocycles. The average molecular weight is 241 g/mol. The van der Waals surface area contributed by atoms with Crippen LogP contribution in [0.1, 0.15) is 12.8 Å². The van der Waals surface area contributed by atoms with E-state index in [1.165, 1.54) is 4.90 Å². The molecule has 0 heterocycles. The second kappa shape index (κ2) is 7.32. The van der Waals surface area contributed by atoms with Gasteiger partial charge in [0.05, 0.1) is 0 Å². The molecule has 0 spiro atoms. The van der Waals surface area contributed by atoms with E-state index in [0.29, 0.717) is 19.6 Å². The first-order chi connectivity index (χ1) is 7.33. The third-order valence-corrected chi connectivity index (χ3v) is 1.80. The molecule has 0 aliphatic rings. The number of hydrogen-bond donors (Lipinski definition) is 2. The van der Waals surface area contributed by atoms with Crippen molar-refractivity contribution < 1.29 is 18.0 Å². The number of amides is 2. The molecule has 0 fully saturated rings. The fraction of sp³-hybridized carbons (Fsp3) is 0.889. The Balaban J connectivity index is 3.26. The maximum absolute atomic E-state index is 11.7. The molecule has 2 amide bonds. The van der Waals surface area contributed by atoms with Crippen molar-refractivity contribution in [2.75, 3.05) is 33.7 Å². The van der Waals surface area contributed by atoms with Crippen molar-refractivity contribution in [1.29, 1.82) is 0 Å². The maximum Gasteiger partial charge on any atom is 0.389 e. The van der Waals surface area contributed by atoms with E-state index in [1.807, 2.05) is 0 Å². The van der Waals surface area contributed by atoms with Gasteiger partial charge < -0.3 is 15.5 Å². The van der Waals surface area contributed by atoms with E-state index in [9.17, 15) is 18.0 Å². The molecule has 0 aromatic carbocycles. The smallest absolute Gasteiger partial charge is 0.337 e. The Bertz CT molecular complexity index is 207. The van der Waals surface area contributed by atoms with E-state index in [0.717, 1.165) is 0 Å². The van der Waals surface area contributed by atoms with Crippen molar-refractivity contribution in [1.82, 2.24) is 15.5 Å². The fourth-order valence-electron chi connectivity index (χ4n) is 0.955. The maximum atomic E-state index is 11.7. The first-order valence-corrected chi connectivity index (χ1v) is 5.05. The molecule has 0 saturated carbocycles. The fourth-order valence-corrected chi connectivity index (χ4v) is 0.955. The number of rotatable bonds is 6. The lowest BCUT2D eigenvalue weighted by Crippen LogP contribution is -2.38. The molecular weight excluding hydrogens is 223 g/mol. The molecule has 0 aromatic rings. The molecular formula is C9H18F3N3O. The summed E-state index contributed by atoms with van der Waals surface area (Å²) in [6.45, 7) is 1.18. The summed E-state index contributed by atoms with van der Waals surface area (Å²) >= 11 is 0. The molecule has 4 nitrogen and oxygen atoms in total. The molecule has 16 heavy (non-hydrogen) atoms. The summed E-state index contributed by atoms with van der Waals surface area (Å²) in [5.74, 6) is 0. The van der Waals surface area contributed by atoms with E-state index in [-0.39, 0.29) is 12.5 Å². The third-order valence-electron chi connectivity index (χ3n) is 1.80. The highest BCUT2D eigenvalue weighted by molar-refractivity contribution is 5.73. The Morgan fingerprint density at radius 1 is 1.19 bits per heavy atom. The summed E-state index contributed by atoms with van der Waals surface area (Å²) in [5, 5.41) is 5.41. The van der Waals surface area contributed by atoms with Crippen LogP contribution in [0.5, 0.6) is 0 Å². The van der Waals surface area contributed by atoms with Crippen LogP contribution in [0, 0.1) is 0 Å². The Labute approximate surface area is 93.2 Å². The number of nitrogens with zero attached hydrogens (tertiary/aromatic N) is 1. The summed E-state index contributed by atoms with van der Waals surface area (Å²) in [4.78, 5) is 12.4. The zero-order valence-electron chi connectivity index (χ0n) is 9.52. The molecule has 0 bridgehead atoms. The van der Waals surface area contributed by atoms with Gasteiger partial charge in [0.25, 0.3) is 0 Å². The number of halogens is 3. The average Bonchev–Trinajstić information content (AvgIpc) is 2.14. The quantitative estimate of drug-likeness (QED) is 0.686. The van der Waals surface area contributed by atoms with Crippen LogP contribution in [0.15, 0.2) is 0 Å². The number of nitrogens with one attached hydrogen (secondary N) is 2. The molecule has 7 heteroatoms. The number of carbonyl (C=O) groups is 1. The van der Waals surface area contributed by atoms with Gasteiger partial charge in [-0.3, -0.25) is 0 Å². The Morgan fingerprint density at radius 3 is 2.31 bits per heavy atom. The van der Waals surface area contributed by atoms with Gasteiger partial charge in [-0.05, 0) is 13.0 Å². The highest BCUT2D eigenvalue weighted by atomic mass is 19.4. The summed E-state index contributed by atoms with van der Waals surface area (Å²) in [7, 11) is 3.23. The minimum Gasteiger partial charge on any atom is -0.337 e. The molecule has 0 unspecified atom stereocenters. The van der Waals surface area contributed by atoms with Gasteiger partial charge in [0.15, 0.2) is 0 Å². The van der Waals surface area contributed by atoms with Crippen LogP contribution in [-0.2, 0) is 0 Å². The first-order valence-electron chi connectivity index (χ1n) is 5.05. The molecule has 0 radical (unpaired) electrons. The van der Waals surface area contributed by atoms with E-state index in [4.69, 9.17) is 0 Å². The van der Waals surface area contributed by atoms with Crippen molar-refractivity contribution in [2.45, 2.75) is 19.0 Å². The van der Waals surface area contributed by atoms with E-state index in [2.05, 4.69) is 10.6 Å². The van der Waals surface area contributed by atoms with Crippen LogP contribution in [0.25, 0.3) is 0 Å². The third kappa shape index (κ3) is 9.57. The predicted octanol–water partition coefficient (Wildman–Crippen LogP) is 1.19. The lowest BCUT2D eigenvalue weighted by atomic mass is 10.3. The molecule has 0 atom stereocenters. The number of hydrogen-bond acceptors (Lipinski definition) is 2.